The normalized spacial score (nSPS) is 7.50. The molecule has 0 aliphatic heterocycles. The molecule has 0 atom stereocenters. The molecule has 1 nitrogen and oxygen atoms in total. The Bertz CT molecular complexity index is 43.5. The molecule has 1 N–H and O–H groups in total. The summed E-state index contributed by atoms with van der Waals surface area (Å²) < 4.78 is 0. The zero-order valence-corrected chi connectivity index (χ0v) is 4.53. The maximum atomic E-state index is 3.49. The van der Waals surface area contributed by atoms with E-state index in [2.05, 4.69) is 27.5 Å². The topological polar surface area (TPSA) is 12.0 Å². The Balaban J connectivity index is 2.66. The van der Waals surface area contributed by atoms with Gasteiger partial charge >= 0.3 is 45.1 Å². The Labute approximate surface area is 45.8 Å². The van der Waals surface area contributed by atoms with Gasteiger partial charge in [-0.3, -0.25) is 0 Å². The quantitative estimate of drug-likeness (QED) is 0.319. The van der Waals surface area contributed by atoms with Gasteiger partial charge in [-0.2, -0.15) is 0 Å². The first-order valence-corrected chi connectivity index (χ1v) is 2.30. The van der Waals surface area contributed by atoms with E-state index in [9.17, 15) is 0 Å². The molecule has 0 aromatic heterocycles. The maximum absolute atomic E-state index is 3.49. The third-order valence-corrected chi connectivity index (χ3v) is 0.560. The first-order chi connectivity index (χ1) is 2.91. The van der Waals surface area contributed by atoms with Crippen molar-refractivity contribution in [2.75, 3.05) is 6.54 Å². The number of rotatable bonds is 3. The van der Waals surface area contributed by atoms with Crippen molar-refractivity contribution in [3.05, 3.63) is 12.7 Å². The van der Waals surface area contributed by atoms with Crippen LogP contribution in [0.1, 0.15) is 0 Å². The van der Waals surface area contributed by atoms with E-state index in [-0.39, 0.29) is 0 Å². The van der Waals surface area contributed by atoms with Crippen LogP contribution in [-0.2, 0) is 15.6 Å². The van der Waals surface area contributed by atoms with Crippen molar-refractivity contribution in [3.63, 3.8) is 0 Å². The van der Waals surface area contributed by atoms with Crippen LogP contribution in [0, 0.1) is 0 Å². The van der Waals surface area contributed by atoms with E-state index < -0.39 is 0 Å². The van der Waals surface area contributed by atoms with Crippen LogP contribution in [0.25, 0.3) is 0 Å². The van der Waals surface area contributed by atoms with Crippen molar-refractivity contribution in [3.8, 4) is 0 Å². The van der Waals surface area contributed by atoms with Crippen LogP contribution in [0.4, 0.5) is 0 Å². The van der Waals surface area contributed by atoms with Crippen LogP contribution < -0.4 is 5.32 Å². The summed E-state index contributed by atoms with van der Waals surface area (Å²) in [5.74, 6) is 0. The summed E-state index contributed by atoms with van der Waals surface area (Å²) in [7, 11) is 0. The zero-order valence-electron chi connectivity index (χ0n) is 3.42. The number of hydrogen-bond acceptors (Lipinski definition) is 1. The fourth-order valence-corrected chi connectivity index (χ4v) is 0.255. The van der Waals surface area contributed by atoms with Crippen LogP contribution in [0.5, 0.6) is 0 Å². The molecule has 0 radical (unpaired) electrons. The van der Waals surface area contributed by atoms with Gasteiger partial charge in [0.1, 0.15) is 0 Å². The summed E-state index contributed by atoms with van der Waals surface area (Å²) in [6, 6.07) is 0. The molecular formula is C4H7FeN. The van der Waals surface area contributed by atoms with Crippen molar-refractivity contribution in [1.29, 1.82) is 0 Å². The molecule has 0 aliphatic rings. The minimum atomic E-state index is 0.809. The molecule has 0 saturated heterocycles. The molecule has 36 valence electrons. The Hall–Kier alpha value is 0.0895. The predicted octanol–water partition coefficient (Wildman–Crippen LogP) is 0.0685. The molecule has 2 heteroatoms. The third kappa shape index (κ3) is 4.09. The summed E-state index contributed by atoms with van der Waals surface area (Å²) in [6.07, 6.45) is 1.78. The van der Waals surface area contributed by atoms with Gasteiger partial charge in [-0.25, -0.2) is 0 Å². The van der Waals surface area contributed by atoms with Crippen molar-refractivity contribution < 1.29 is 15.6 Å². The van der Waals surface area contributed by atoms with Gasteiger partial charge in [0.25, 0.3) is 0 Å². The number of nitrogens with one attached hydrogen (secondary N) is 1. The van der Waals surface area contributed by atoms with Crippen LogP contribution in [0.2, 0.25) is 0 Å². The van der Waals surface area contributed by atoms with Gasteiger partial charge < -0.3 is 0 Å². The summed E-state index contributed by atoms with van der Waals surface area (Å²) in [4.78, 5) is 0. The van der Waals surface area contributed by atoms with Gasteiger partial charge in [-0.1, -0.05) is 0 Å². The van der Waals surface area contributed by atoms with E-state index in [0.29, 0.717) is 0 Å². The van der Waals surface area contributed by atoms with Crippen LogP contribution in [0.3, 0.4) is 0 Å². The van der Waals surface area contributed by atoms with Crippen LogP contribution in [-0.4, -0.2) is 11.6 Å². The second kappa shape index (κ2) is 5.09. The molecule has 0 fully saturated rings. The Morgan fingerprint density at radius 2 is 2.50 bits per heavy atom. The summed E-state index contributed by atoms with van der Waals surface area (Å²) in [5, 5.41) is 4.48. The third-order valence-electron chi connectivity index (χ3n) is 0.334. The summed E-state index contributed by atoms with van der Waals surface area (Å²) in [5.41, 5.74) is 0. The molecule has 0 spiro atoms. The average molecular weight is 125 g/mol. The van der Waals surface area contributed by atoms with E-state index in [1.165, 1.54) is 0 Å². The molecule has 0 heterocycles. The van der Waals surface area contributed by atoms with Gasteiger partial charge in [-0.05, 0) is 0 Å². The standard InChI is InChI=1S/C4H7N.Fe/c1-3-4-5-2;/h2-3,5H,1,4H2;. The minimum absolute atomic E-state index is 0.809. The monoisotopic (exact) mass is 125 g/mol. The molecule has 6 heavy (non-hydrogen) atoms. The van der Waals surface area contributed by atoms with E-state index in [1.54, 1.807) is 11.1 Å². The molecule has 0 bridgehead atoms. The molecular weight excluding hydrogens is 118 g/mol. The van der Waals surface area contributed by atoms with Gasteiger partial charge in [0.15, 0.2) is 0 Å². The SMILES string of the molecule is C=CCN[CH]=[Fe]. The fourth-order valence-electron chi connectivity index (χ4n) is 0.125. The van der Waals surface area contributed by atoms with Gasteiger partial charge in [0, 0.05) is 0 Å². The second-order valence-corrected chi connectivity index (χ2v) is 1.12. The zero-order chi connectivity index (χ0) is 4.83. The molecule has 0 aliphatic carbocycles. The van der Waals surface area contributed by atoms with E-state index in [0.717, 1.165) is 6.54 Å². The Kier molecular flexibility index (Phi) is 5.17. The van der Waals surface area contributed by atoms with E-state index in [4.69, 9.17) is 0 Å². The molecule has 0 unspecified atom stereocenters. The second-order valence-electron chi connectivity index (χ2n) is 0.799. The van der Waals surface area contributed by atoms with Crippen molar-refractivity contribution in [2.24, 2.45) is 0 Å². The molecule has 0 aromatic rings. The van der Waals surface area contributed by atoms with Crippen LogP contribution in [0.15, 0.2) is 12.7 Å². The molecule has 0 aromatic carbocycles. The van der Waals surface area contributed by atoms with Gasteiger partial charge in [0.05, 0.1) is 0 Å². The Morgan fingerprint density at radius 1 is 1.83 bits per heavy atom. The van der Waals surface area contributed by atoms with E-state index >= 15 is 0 Å². The van der Waals surface area contributed by atoms with Gasteiger partial charge in [-0.15, -0.1) is 0 Å². The Morgan fingerprint density at radius 3 is 2.67 bits per heavy atom. The van der Waals surface area contributed by atoms with Crippen molar-refractivity contribution in [1.82, 2.24) is 5.32 Å². The van der Waals surface area contributed by atoms with Crippen LogP contribution >= 0.6 is 0 Å². The fraction of sp³-hybridized carbons (Fsp3) is 0.250. The average Bonchev–Trinajstić information content (AvgIpc) is 1.61. The summed E-state index contributed by atoms with van der Waals surface area (Å²) >= 11 is 3.44. The van der Waals surface area contributed by atoms with Crippen molar-refractivity contribution in [2.45, 2.75) is 0 Å². The van der Waals surface area contributed by atoms with Gasteiger partial charge in [0.2, 0.25) is 0 Å². The molecule has 0 amide bonds. The molecule has 0 rings (SSSR count). The van der Waals surface area contributed by atoms with E-state index in [1.807, 2.05) is 0 Å². The van der Waals surface area contributed by atoms with Crippen molar-refractivity contribution >= 4 is 5.04 Å². The first-order valence-electron chi connectivity index (χ1n) is 1.66. The summed E-state index contributed by atoms with van der Waals surface area (Å²) in [6.45, 7) is 4.30. The predicted molar refractivity (Wildman–Crippen MR) is 24.3 cm³/mol. The first kappa shape index (κ1) is 6.09. The number of hydrogen-bond donors (Lipinski definition) is 1. The molecule has 0 saturated carbocycles.